The summed E-state index contributed by atoms with van der Waals surface area (Å²) in [6, 6.07) is 4.09. The lowest BCUT2D eigenvalue weighted by Crippen LogP contribution is -2.44. The van der Waals surface area contributed by atoms with Gasteiger partial charge < -0.3 is 25.3 Å². The van der Waals surface area contributed by atoms with Gasteiger partial charge in [0.05, 0.1) is 22.7 Å². The Labute approximate surface area is 199 Å². The van der Waals surface area contributed by atoms with Crippen molar-refractivity contribution in [2.75, 3.05) is 43.4 Å². The Kier molecular flexibility index (Phi) is 5.84. The van der Waals surface area contributed by atoms with Crippen molar-refractivity contribution in [1.82, 2.24) is 19.6 Å². The minimum absolute atomic E-state index is 0.0474. The summed E-state index contributed by atoms with van der Waals surface area (Å²) in [4.78, 5) is 52.8. The van der Waals surface area contributed by atoms with Crippen LogP contribution in [0.3, 0.4) is 0 Å². The standard InChI is InChI=1S/C21H25N7O7/c1-21(2)16-13(11-26(21)19(30)31)17(27(23-16)20(32)33)22-18(29)12-4-5-14(15(10-12)28(34)35)25-8-6-24(3)7-9-25/h4-5,10H,6-9,11H2,1-3H3,(H,22,29)(H,30,31)(H,32,33). The molecule has 1 saturated heterocycles. The molecule has 186 valence electrons. The van der Waals surface area contributed by atoms with Gasteiger partial charge in [-0.15, -0.1) is 4.68 Å². The van der Waals surface area contributed by atoms with E-state index >= 15 is 0 Å². The van der Waals surface area contributed by atoms with Gasteiger partial charge in [0.2, 0.25) is 0 Å². The average molecular weight is 487 g/mol. The van der Waals surface area contributed by atoms with Gasteiger partial charge in [0.15, 0.2) is 0 Å². The number of nitrogens with one attached hydrogen (secondary N) is 1. The van der Waals surface area contributed by atoms with Crippen molar-refractivity contribution in [2.45, 2.75) is 25.9 Å². The highest BCUT2D eigenvalue weighted by Crippen LogP contribution is 2.41. The number of hydrogen-bond donors (Lipinski definition) is 3. The highest BCUT2D eigenvalue weighted by atomic mass is 16.6. The van der Waals surface area contributed by atoms with Gasteiger partial charge in [0, 0.05) is 43.4 Å². The van der Waals surface area contributed by atoms with E-state index in [2.05, 4.69) is 15.3 Å². The maximum atomic E-state index is 13.1. The molecule has 1 aromatic heterocycles. The molecule has 2 aromatic rings. The van der Waals surface area contributed by atoms with E-state index in [1.807, 2.05) is 11.9 Å². The third-order valence-electron chi connectivity index (χ3n) is 6.48. The van der Waals surface area contributed by atoms with E-state index in [1.165, 1.54) is 12.1 Å². The number of hydrogen-bond acceptors (Lipinski definition) is 8. The van der Waals surface area contributed by atoms with Crippen molar-refractivity contribution in [3.63, 3.8) is 0 Å². The van der Waals surface area contributed by atoms with E-state index in [-0.39, 0.29) is 34.9 Å². The molecular weight excluding hydrogens is 462 g/mol. The first kappa shape index (κ1) is 23.9. The van der Waals surface area contributed by atoms with Crippen LogP contribution in [0, 0.1) is 10.1 Å². The molecule has 0 atom stereocenters. The normalized spacial score (nSPS) is 17.2. The van der Waals surface area contributed by atoms with E-state index in [9.17, 15) is 34.7 Å². The fourth-order valence-corrected chi connectivity index (χ4v) is 4.45. The van der Waals surface area contributed by atoms with Gasteiger partial charge in [-0.2, -0.15) is 5.10 Å². The number of carboxylic acid groups (broad SMARTS) is 2. The number of rotatable bonds is 4. The number of aromatic nitrogens is 2. The fourth-order valence-electron chi connectivity index (χ4n) is 4.45. The zero-order valence-corrected chi connectivity index (χ0v) is 19.4. The lowest BCUT2D eigenvalue weighted by molar-refractivity contribution is -0.384. The summed E-state index contributed by atoms with van der Waals surface area (Å²) in [6.07, 6.45) is -2.69. The Morgan fingerprint density at radius 1 is 1.11 bits per heavy atom. The molecule has 35 heavy (non-hydrogen) atoms. The molecule has 3 heterocycles. The van der Waals surface area contributed by atoms with Gasteiger partial charge >= 0.3 is 12.2 Å². The summed E-state index contributed by atoms with van der Waals surface area (Å²) < 4.78 is 0.580. The Bertz CT molecular complexity index is 1230. The number of carbonyl (C=O) groups excluding carboxylic acids is 1. The number of fused-ring (bicyclic) bond motifs is 1. The van der Waals surface area contributed by atoms with Crippen molar-refractivity contribution >= 4 is 35.3 Å². The lowest BCUT2D eigenvalue weighted by Gasteiger charge is -2.33. The minimum atomic E-state index is -1.47. The van der Waals surface area contributed by atoms with Crippen LogP contribution in [-0.4, -0.2) is 86.0 Å². The third kappa shape index (κ3) is 4.12. The van der Waals surface area contributed by atoms with Crippen LogP contribution in [0.1, 0.15) is 35.5 Å². The average Bonchev–Trinajstić information content (AvgIpc) is 3.28. The molecule has 14 heteroatoms. The molecule has 0 spiro atoms. The van der Waals surface area contributed by atoms with Gasteiger partial charge in [-0.1, -0.05) is 0 Å². The topological polar surface area (TPSA) is 174 Å². The highest BCUT2D eigenvalue weighted by molar-refractivity contribution is 6.06. The first-order valence-corrected chi connectivity index (χ1v) is 10.8. The quantitative estimate of drug-likeness (QED) is 0.427. The molecular formula is C21H25N7O7. The third-order valence-corrected chi connectivity index (χ3v) is 6.48. The molecule has 14 nitrogen and oxygen atoms in total. The molecule has 0 radical (unpaired) electrons. The van der Waals surface area contributed by atoms with E-state index < -0.39 is 28.6 Å². The molecule has 0 aliphatic carbocycles. The first-order chi connectivity index (χ1) is 16.4. The number of nitrogens with zero attached hydrogens (tertiary/aromatic N) is 6. The van der Waals surface area contributed by atoms with E-state index in [0.29, 0.717) is 23.5 Å². The summed E-state index contributed by atoms with van der Waals surface area (Å²) in [5.41, 5.74) is -0.559. The lowest BCUT2D eigenvalue weighted by atomic mass is 10.0. The number of benzene rings is 1. The SMILES string of the molecule is CN1CCN(c2ccc(C(=O)Nc3c4c(nn3C(=O)O)C(C)(C)N(C(=O)O)C4)cc2[N+](=O)[O-])CC1. The molecule has 0 bridgehead atoms. The van der Waals surface area contributed by atoms with Gasteiger partial charge in [-0.05, 0) is 33.0 Å². The smallest absolute Gasteiger partial charge is 0.434 e. The summed E-state index contributed by atoms with van der Waals surface area (Å²) in [5.74, 6) is -0.977. The monoisotopic (exact) mass is 487 g/mol. The number of carbonyl (C=O) groups is 3. The molecule has 2 aliphatic rings. The molecule has 1 fully saturated rings. The summed E-state index contributed by atoms with van der Waals surface area (Å²) in [5, 5.41) is 37.4. The molecule has 4 rings (SSSR count). The predicted molar refractivity (Wildman–Crippen MR) is 123 cm³/mol. The Hall–Kier alpha value is -4.20. The van der Waals surface area contributed by atoms with Crippen LogP contribution in [-0.2, 0) is 12.1 Å². The van der Waals surface area contributed by atoms with Gasteiger partial charge in [0.25, 0.3) is 11.6 Å². The zero-order chi connectivity index (χ0) is 25.7. The van der Waals surface area contributed by atoms with E-state index in [0.717, 1.165) is 24.1 Å². The number of anilines is 2. The van der Waals surface area contributed by atoms with Crippen molar-refractivity contribution in [2.24, 2.45) is 0 Å². The zero-order valence-electron chi connectivity index (χ0n) is 19.4. The number of nitro groups is 1. The van der Waals surface area contributed by atoms with Crippen molar-refractivity contribution < 1.29 is 29.5 Å². The number of piperazine rings is 1. The van der Waals surface area contributed by atoms with Crippen LogP contribution in [0.25, 0.3) is 0 Å². The van der Waals surface area contributed by atoms with Crippen molar-refractivity contribution in [3.05, 3.63) is 45.1 Å². The number of nitro benzene ring substituents is 1. The first-order valence-electron chi connectivity index (χ1n) is 10.8. The largest absolute Gasteiger partial charge is 0.465 e. The van der Waals surface area contributed by atoms with Gasteiger partial charge in [-0.25, -0.2) is 9.59 Å². The number of likely N-dealkylation sites (N-methyl/N-ethyl adjacent to an activating group) is 1. The van der Waals surface area contributed by atoms with Crippen LogP contribution < -0.4 is 10.2 Å². The van der Waals surface area contributed by atoms with E-state index in [1.54, 1.807) is 13.8 Å². The Balaban J connectivity index is 1.67. The molecule has 3 N–H and O–H groups in total. The van der Waals surface area contributed by atoms with Crippen LogP contribution in [0.5, 0.6) is 0 Å². The molecule has 2 amide bonds. The van der Waals surface area contributed by atoms with Crippen LogP contribution in [0.4, 0.5) is 26.8 Å². The Morgan fingerprint density at radius 3 is 2.34 bits per heavy atom. The maximum absolute atomic E-state index is 13.1. The molecule has 2 aliphatic heterocycles. The van der Waals surface area contributed by atoms with Gasteiger partial charge in [0.1, 0.15) is 11.5 Å². The second kappa shape index (κ2) is 8.54. The van der Waals surface area contributed by atoms with Crippen LogP contribution >= 0.6 is 0 Å². The summed E-state index contributed by atoms with van der Waals surface area (Å²) in [7, 11) is 1.97. The maximum Gasteiger partial charge on any atom is 0.434 e. The second-order valence-electron chi connectivity index (χ2n) is 9.00. The predicted octanol–water partition coefficient (Wildman–Crippen LogP) is 2.05. The van der Waals surface area contributed by atoms with E-state index in [4.69, 9.17) is 0 Å². The van der Waals surface area contributed by atoms with Crippen LogP contribution in [0.15, 0.2) is 18.2 Å². The number of amides is 2. The Morgan fingerprint density at radius 2 is 1.77 bits per heavy atom. The molecule has 0 unspecified atom stereocenters. The molecule has 1 aromatic carbocycles. The van der Waals surface area contributed by atoms with Gasteiger partial charge in [-0.3, -0.25) is 19.8 Å². The highest BCUT2D eigenvalue weighted by Gasteiger charge is 2.46. The minimum Gasteiger partial charge on any atom is -0.465 e. The molecule has 0 saturated carbocycles. The van der Waals surface area contributed by atoms with Crippen molar-refractivity contribution in [1.29, 1.82) is 0 Å². The summed E-state index contributed by atoms with van der Waals surface area (Å²) >= 11 is 0. The fraction of sp³-hybridized carbons (Fsp3) is 0.429. The van der Waals surface area contributed by atoms with Crippen LogP contribution in [0.2, 0.25) is 0 Å². The summed E-state index contributed by atoms with van der Waals surface area (Å²) in [6.45, 7) is 5.67. The second-order valence-corrected chi connectivity index (χ2v) is 9.00. The van der Waals surface area contributed by atoms with Crippen molar-refractivity contribution in [3.8, 4) is 0 Å².